The molecule has 6 heteroatoms. The molecule has 2 rings (SSSR count). The van der Waals surface area contributed by atoms with Gasteiger partial charge in [0.25, 0.3) is 5.89 Å². The van der Waals surface area contributed by atoms with Crippen molar-refractivity contribution in [3.05, 3.63) is 41.8 Å². The summed E-state index contributed by atoms with van der Waals surface area (Å²) >= 11 is 1.40. The fraction of sp³-hybridized carbons (Fsp3) is 0.200. The molecule has 0 radical (unpaired) electrons. The summed E-state index contributed by atoms with van der Waals surface area (Å²) < 4.78 is 17.6. The Balaban J connectivity index is 1.96. The molecule has 4 nitrogen and oxygen atoms in total. The lowest BCUT2D eigenvalue weighted by Gasteiger charge is -1.97. The first-order valence-corrected chi connectivity index (χ1v) is 5.57. The second-order valence-electron chi connectivity index (χ2n) is 3.01. The van der Waals surface area contributed by atoms with Crippen LogP contribution in [0.5, 0.6) is 0 Å². The molecule has 16 heavy (non-hydrogen) atoms. The van der Waals surface area contributed by atoms with Crippen LogP contribution in [0.2, 0.25) is 0 Å². The lowest BCUT2D eigenvalue weighted by molar-refractivity contribution is 0.222. The molecule has 0 aliphatic carbocycles. The summed E-state index contributed by atoms with van der Waals surface area (Å²) in [6.07, 6.45) is 0. The number of nitrogens with zero attached hydrogens (tertiary/aromatic N) is 2. The molecule has 0 saturated carbocycles. The fourth-order valence-corrected chi connectivity index (χ4v) is 1.90. The molecular formula is C10H9FN2O2S. The summed E-state index contributed by atoms with van der Waals surface area (Å²) in [6, 6.07) is 6.29. The minimum atomic E-state index is -0.269. The predicted molar refractivity (Wildman–Crippen MR) is 56.2 cm³/mol. The monoisotopic (exact) mass is 240 g/mol. The van der Waals surface area contributed by atoms with E-state index in [0.717, 1.165) is 4.90 Å². The molecule has 1 aromatic carbocycles. The standard InChI is InChI=1S/C10H9FN2O2S/c11-7-2-1-3-8(4-7)16-6-9-12-10(5-14)15-13-9/h1-4,14H,5-6H2. The second-order valence-corrected chi connectivity index (χ2v) is 4.06. The maximum Gasteiger partial charge on any atom is 0.252 e. The van der Waals surface area contributed by atoms with Gasteiger partial charge in [-0.2, -0.15) is 4.98 Å². The number of benzene rings is 1. The van der Waals surface area contributed by atoms with E-state index in [9.17, 15) is 4.39 Å². The highest BCUT2D eigenvalue weighted by atomic mass is 32.2. The van der Waals surface area contributed by atoms with Gasteiger partial charge in [-0.25, -0.2) is 4.39 Å². The predicted octanol–water partition coefficient (Wildman–Crippen LogP) is 1.99. The number of hydrogen-bond acceptors (Lipinski definition) is 5. The van der Waals surface area contributed by atoms with Crippen LogP contribution in [0, 0.1) is 5.82 Å². The number of aliphatic hydroxyl groups is 1. The van der Waals surface area contributed by atoms with Crippen molar-refractivity contribution in [2.24, 2.45) is 0 Å². The van der Waals surface area contributed by atoms with Gasteiger partial charge in [-0.1, -0.05) is 11.2 Å². The van der Waals surface area contributed by atoms with Crippen molar-refractivity contribution in [1.29, 1.82) is 0 Å². The van der Waals surface area contributed by atoms with Crippen LogP contribution in [0.3, 0.4) is 0 Å². The molecule has 0 amide bonds. The van der Waals surface area contributed by atoms with Crippen LogP contribution < -0.4 is 0 Å². The Morgan fingerprint density at radius 3 is 3.00 bits per heavy atom. The fourth-order valence-electron chi connectivity index (χ4n) is 1.12. The Morgan fingerprint density at radius 1 is 1.44 bits per heavy atom. The van der Waals surface area contributed by atoms with E-state index in [-0.39, 0.29) is 18.3 Å². The quantitative estimate of drug-likeness (QED) is 0.828. The van der Waals surface area contributed by atoms with Crippen LogP contribution in [-0.2, 0) is 12.4 Å². The third kappa shape index (κ3) is 2.80. The Hall–Kier alpha value is -1.40. The lowest BCUT2D eigenvalue weighted by atomic mass is 10.4. The zero-order chi connectivity index (χ0) is 11.4. The summed E-state index contributed by atoms with van der Waals surface area (Å²) in [5.41, 5.74) is 0. The molecule has 2 aromatic rings. The maximum absolute atomic E-state index is 12.9. The second kappa shape index (κ2) is 5.09. The first kappa shape index (κ1) is 11.1. The van der Waals surface area contributed by atoms with Crippen LogP contribution in [0.4, 0.5) is 4.39 Å². The summed E-state index contributed by atoms with van der Waals surface area (Å²) in [4.78, 5) is 4.73. The largest absolute Gasteiger partial charge is 0.387 e. The molecule has 1 N–H and O–H groups in total. The molecule has 0 bridgehead atoms. The Bertz CT molecular complexity index is 475. The minimum Gasteiger partial charge on any atom is -0.387 e. The zero-order valence-corrected chi connectivity index (χ0v) is 9.08. The summed E-state index contributed by atoms with van der Waals surface area (Å²) in [7, 11) is 0. The van der Waals surface area contributed by atoms with Crippen LogP contribution >= 0.6 is 11.8 Å². The highest BCUT2D eigenvalue weighted by Crippen LogP contribution is 2.21. The van der Waals surface area contributed by atoms with E-state index in [2.05, 4.69) is 10.1 Å². The molecular weight excluding hydrogens is 231 g/mol. The molecule has 1 aromatic heterocycles. The molecule has 0 aliphatic heterocycles. The van der Waals surface area contributed by atoms with Crippen LogP contribution in [-0.4, -0.2) is 15.2 Å². The van der Waals surface area contributed by atoms with Crippen molar-refractivity contribution in [2.75, 3.05) is 0 Å². The van der Waals surface area contributed by atoms with Gasteiger partial charge in [0, 0.05) is 4.90 Å². The molecule has 0 spiro atoms. The SMILES string of the molecule is OCc1nc(CSc2cccc(F)c2)no1. The molecule has 0 aliphatic rings. The molecule has 84 valence electrons. The Kier molecular flexibility index (Phi) is 3.53. The van der Waals surface area contributed by atoms with E-state index in [1.54, 1.807) is 12.1 Å². The first-order chi connectivity index (χ1) is 7.78. The summed E-state index contributed by atoms with van der Waals surface area (Å²) in [5.74, 6) is 0.884. The van der Waals surface area contributed by atoms with Gasteiger partial charge in [0.05, 0.1) is 5.75 Å². The molecule has 0 saturated heterocycles. The van der Waals surface area contributed by atoms with Gasteiger partial charge in [0.2, 0.25) is 0 Å². The van der Waals surface area contributed by atoms with Crippen LogP contribution in [0.1, 0.15) is 11.7 Å². The van der Waals surface area contributed by atoms with Crippen molar-refractivity contribution >= 4 is 11.8 Å². The van der Waals surface area contributed by atoms with Crippen molar-refractivity contribution in [2.45, 2.75) is 17.3 Å². The molecule has 0 unspecified atom stereocenters. The highest BCUT2D eigenvalue weighted by Gasteiger charge is 2.05. The first-order valence-electron chi connectivity index (χ1n) is 4.58. The average molecular weight is 240 g/mol. The topological polar surface area (TPSA) is 59.2 Å². The number of thioether (sulfide) groups is 1. The van der Waals surface area contributed by atoms with Crippen molar-refractivity contribution in [1.82, 2.24) is 10.1 Å². The number of halogens is 1. The summed E-state index contributed by atoms with van der Waals surface area (Å²) in [5, 5.41) is 12.4. The summed E-state index contributed by atoms with van der Waals surface area (Å²) in [6.45, 7) is -0.266. The molecule has 0 fully saturated rings. The van der Waals surface area contributed by atoms with Crippen LogP contribution in [0.15, 0.2) is 33.7 Å². The van der Waals surface area contributed by atoms with Gasteiger partial charge in [-0.05, 0) is 18.2 Å². The van der Waals surface area contributed by atoms with E-state index in [1.807, 2.05) is 0 Å². The normalized spacial score (nSPS) is 10.6. The minimum absolute atomic E-state index is 0.190. The van der Waals surface area contributed by atoms with Crippen LogP contribution in [0.25, 0.3) is 0 Å². The van der Waals surface area contributed by atoms with E-state index in [4.69, 9.17) is 9.63 Å². The van der Waals surface area contributed by atoms with E-state index < -0.39 is 0 Å². The van der Waals surface area contributed by atoms with E-state index >= 15 is 0 Å². The molecule has 0 atom stereocenters. The van der Waals surface area contributed by atoms with Crippen molar-refractivity contribution in [3.8, 4) is 0 Å². The van der Waals surface area contributed by atoms with Gasteiger partial charge >= 0.3 is 0 Å². The van der Waals surface area contributed by atoms with Gasteiger partial charge in [-0.3, -0.25) is 0 Å². The number of aliphatic hydroxyl groups excluding tert-OH is 1. The van der Waals surface area contributed by atoms with Gasteiger partial charge in [-0.15, -0.1) is 11.8 Å². The number of aromatic nitrogens is 2. The Labute approximate surface area is 95.5 Å². The lowest BCUT2D eigenvalue weighted by Crippen LogP contribution is -1.86. The average Bonchev–Trinajstić information content (AvgIpc) is 2.74. The van der Waals surface area contributed by atoms with Crippen molar-refractivity contribution < 1.29 is 14.0 Å². The van der Waals surface area contributed by atoms with E-state index in [1.165, 1.54) is 23.9 Å². The zero-order valence-electron chi connectivity index (χ0n) is 8.26. The third-order valence-corrected chi connectivity index (χ3v) is 2.80. The van der Waals surface area contributed by atoms with Gasteiger partial charge in [0.15, 0.2) is 5.82 Å². The van der Waals surface area contributed by atoms with Gasteiger partial charge < -0.3 is 9.63 Å². The smallest absolute Gasteiger partial charge is 0.252 e. The van der Waals surface area contributed by atoms with E-state index in [0.29, 0.717) is 11.6 Å². The highest BCUT2D eigenvalue weighted by molar-refractivity contribution is 7.98. The maximum atomic E-state index is 12.9. The van der Waals surface area contributed by atoms with Gasteiger partial charge in [0.1, 0.15) is 12.4 Å². The number of hydrogen-bond donors (Lipinski definition) is 1. The third-order valence-electron chi connectivity index (χ3n) is 1.81. The number of rotatable bonds is 4. The molecule has 1 heterocycles. The Morgan fingerprint density at radius 2 is 2.31 bits per heavy atom. The van der Waals surface area contributed by atoms with Crippen molar-refractivity contribution in [3.63, 3.8) is 0 Å².